The van der Waals surface area contributed by atoms with E-state index in [1.807, 2.05) is 0 Å². The first kappa shape index (κ1) is 10.9. The van der Waals surface area contributed by atoms with Crippen LogP contribution in [0.15, 0.2) is 0 Å². The summed E-state index contributed by atoms with van der Waals surface area (Å²) >= 11 is 0. The molecule has 0 aliphatic carbocycles. The number of hydrogen-bond acceptors (Lipinski definition) is 1. The van der Waals surface area contributed by atoms with Crippen molar-refractivity contribution in [2.24, 2.45) is 0 Å². The van der Waals surface area contributed by atoms with Crippen LogP contribution in [0.25, 0.3) is 0 Å². The van der Waals surface area contributed by atoms with Crippen molar-refractivity contribution >= 4 is 40.0 Å². The van der Waals surface area contributed by atoms with E-state index in [2.05, 4.69) is 17.7 Å². The fourth-order valence-electron chi connectivity index (χ4n) is 0.916. The number of hydrogen-bond donors (Lipinski definition) is 1. The summed E-state index contributed by atoms with van der Waals surface area (Å²) in [6.07, 6.45) is 2.75. The van der Waals surface area contributed by atoms with Crippen LogP contribution in [-0.4, -0.2) is 23.5 Å². The molecule has 1 atom stereocenters. The predicted octanol–water partition coefficient (Wildman–Crippen LogP) is 2.04. The van der Waals surface area contributed by atoms with Crippen LogP contribution in [0.5, 0.6) is 0 Å². The minimum absolute atomic E-state index is 0. The SMILES string of the molecule is CCCCS1=CNCC1.I. The zero-order valence-corrected chi connectivity index (χ0v) is 9.58. The van der Waals surface area contributed by atoms with Gasteiger partial charge in [0.05, 0.1) is 0 Å². The van der Waals surface area contributed by atoms with Gasteiger partial charge in [0.25, 0.3) is 0 Å². The molecule has 3 heteroatoms. The topological polar surface area (TPSA) is 12.0 Å². The van der Waals surface area contributed by atoms with Crippen LogP contribution >= 0.6 is 34.5 Å². The van der Waals surface area contributed by atoms with E-state index in [9.17, 15) is 0 Å². The van der Waals surface area contributed by atoms with Gasteiger partial charge in [-0.2, -0.15) is 10.5 Å². The lowest BCUT2D eigenvalue weighted by molar-refractivity contribution is 0.895. The second-order valence-electron chi connectivity index (χ2n) is 2.37. The standard InChI is InChI=1S/C7H15NS.HI/c1-2-3-5-9-6-4-8-7-9;/h7-8H,2-6H2,1H3;1H. The summed E-state index contributed by atoms with van der Waals surface area (Å²) in [5, 5.41) is 3.27. The largest absolute Gasteiger partial charge is 0.289 e. The molecule has 62 valence electrons. The van der Waals surface area contributed by atoms with Crippen LogP contribution in [0.4, 0.5) is 0 Å². The lowest BCUT2D eigenvalue weighted by Crippen LogP contribution is -2.04. The average molecular weight is 273 g/mol. The first-order valence-corrected chi connectivity index (χ1v) is 5.29. The normalized spacial score (nSPS) is 23.5. The zero-order chi connectivity index (χ0) is 6.53. The second-order valence-corrected chi connectivity index (χ2v) is 4.50. The van der Waals surface area contributed by atoms with Gasteiger partial charge in [-0.05, 0) is 12.2 Å². The molecule has 0 spiro atoms. The molecule has 0 saturated carbocycles. The van der Waals surface area contributed by atoms with Crippen molar-refractivity contribution in [3.63, 3.8) is 0 Å². The number of nitrogens with one attached hydrogen (secondary N) is 1. The summed E-state index contributed by atoms with van der Waals surface area (Å²) in [6.45, 7) is 3.47. The maximum absolute atomic E-state index is 3.27. The first-order valence-electron chi connectivity index (χ1n) is 3.66. The predicted molar refractivity (Wildman–Crippen MR) is 61.7 cm³/mol. The number of halogens is 1. The van der Waals surface area contributed by atoms with E-state index < -0.39 is 0 Å². The molecule has 1 unspecified atom stereocenters. The molecule has 1 aliphatic rings. The fourth-order valence-corrected chi connectivity index (χ4v) is 2.75. The Hall–Kier alpha value is 0.910. The molecule has 1 N–H and O–H groups in total. The van der Waals surface area contributed by atoms with Crippen LogP contribution in [-0.2, 0) is 0 Å². The smallest absolute Gasteiger partial charge is 0.00850 e. The van der Waals surface area contributed by atoms with Gasteiger partial charge in [-0.25, -0.2) is 0 Å². The van der Waals surface area contributed by atoms with Gasteiger partial charge in [0, 0.05) is 17.8 Å². The third-order valence-corrected chi connectivity index (χ3v) is 3.56. The maximum atomic E-state index is 3.27. The Morgan fingerprint density at radius 3 is 2.90 bits per heavy atom. The molecule has 0 aromatic carbocycles. The molecule has 10 heavy (non-hydrogen) atoms. The van der Waals surface area contributed by atoms with Crippen molar-refractivity contribution in [1.29, 1.82) is 0 Å². The molecule has 0 radical (unpaired) electrons. The van der Waals surface area contributed by atoms with Crippen LogP contribution in [0.2, 0.25) is 0 Å². The van der Waals surface area contributed by atoms with Gasteiger partial charge in [0.2, 0.25) is 0 Å². The van der Waals surface area contributed by atoms with E-state index in [4.69, 9.17) is 0 Å². The van der Waals surface area contributed by atoms with Crippen LogP contribution in [0.1, 0.15) is 19.8 Å². The lowest BCUT2D eigenvalue weighted by Gasteiger charge is -1.98. The summed E-state index contributed by atoms with van der Waals surface area (Å²) in [4.78, 5) is 0. The van der Waals surface area contributed by atoms with Crippen molar-refractivity contribution in [1.82, 2.24) is 5.32 Å². The van der Waals surface area contributed by atoms with Crippen molar-refractivity contribution in [3.05, 3.63) is 0 Å². The molecule has 1 rings (SSSR count). The molecule has 0 amide bonds. The molecule has 0 fully saturated rings. The van der Waals surface area contributed by atoms with Crippen molar-refractivity contribution < 1.29 is 0 Å². The molecule has 1 nitrogen and oxygen atoms in total. The van der Waals surface area contributed by atoms with Gasteiger partial charge in [0.15, 0.2) is 0 Å². The molecule has 0 saturated heterocycles. The summed E-state index contributed by atoms with van der Waals surface area (Å²) in [5.74, 6) is 2.81. The fraction of sp³-hybridized carbons (Fsp3) is 0.857. The second kappa shape index (κ2) is 6.61. The van der Waals surface area contributed by atoms with Gasteiger partial charge >= 0.3 is 0 Å². The molecular weight excluding hydrogens is 257 g/mol. The zero-order valence-electron chi connectivity index (χ0n) is 6.43. The van der Waals surface area contributed by atoms with E-state index in [-0.39, 0.29) is 24.0 Å². The van der Waals surface area contributed by atoms with Crippen LogP contribution < -0.4 is 5.32 Å². The summed E-state index contributed by atoms with van der Waals surface area (Å²) in [7, 11) is 0.637. The maximum Gasteiger partial charge on any atom is 0.00850 e. The Kier molecular flexibility index (Phi) is 7.21. The average Bonchev–Trinajstić information content (AvgIpc) is 2.34. The highest BCUT2D eigenvalue weighted by atomic mass is 127. The third-order valence-electron chi connectivity index (χ3n) is 1.52. The van der Waals surface area contributed by atoms with Gasteiger partial charge in [-0.1, -0.05) is 13.3 Å². The lowest BCUT2D eigenvalue weighted by atomic mass is 10.4. The molecule has 1 aliphatic heterocycles. The van der Waals surface area contributed by atoms with Crippen molar-refractivity contribution in [3.8, 4) is 0 Å². The van der Waals surface area contributed by atoms with Crippen LogP contribution in [0.3, 0.4) is 0 Å². The Balaban J connectivity index is 0.000000810. The summed E-state index contributed by atoms with van der Waals surface area (Å²) in [5.41, 5.74) is 2.29. The Morgan fingerprint density at radius 1 is 1.60 bits per heavy atom. The highest BCUT2D eigenvalue weighted by molar-refractivity contribution is 14.0. The van der Waals surface area contributed by atoms with E-state index >= 15 is 0 Å². The molecule has 0 aromatic heterocycles. The summed E-state index contributed by atoms with van der Waals surface area (Å²) < 4.78 is 0. The van der Waals surface area contributed by atoms with Gasteiger partial charge in [0.1, 0.15) is 0 Å². The first-order chi connectivity index (χ1) is 4.43. The molecular formula is C7H16INS. The van der Waals surface area contributed by atoms with Crippen molar-refractivity contribution in [2.75, 3.05) is 18.1 Å². The highest BCUT2D eigenvalue weighted by Gasteiger charge is 1.99. The molecule has 0 aromatic rings. The quantitative estimate of drug-likeness (QED) is 0.613. The van der Waals surface area contributed by atoms with E-state index in [1.54, 1.807) is 0 Å². The summed E-state index contributed by atoms with van der Waals surface area (Å²) in [6, 6.07) is 0. The van der Waals surface area contributed by atoms with E-state index in [0.717, 1.165) is 0 Å². The minimum atomic E-state index is 0. The third kappa shape index (κ3) is 3.93. The van der Waals surface area contributed by atoms with Crippen molar-refractivity contribution in [2.45, 2.75) is 19.8 Å². The van der Waals surface area contributed by atoms with E-state index in [0.29, 0.717) is 10.5 Å². The van der Waals surface area contributed by atoms with Gasteiger partial charge < -0.3 is 0 Å². The highest BCUT2D eigenvalue weighted by Crippen LogP contribution is 2.15. The van der Waals surface area contributed by atoms with Gasteiger partial charge in [-0.3, -0.25) is 5.32 Å². The Morgan fingerprint density at radius 2 is 2.40 bits per heavy atom. The molecule has 0 bridgehead atoms. The van der Waals surface area contributed by atoms with E-state index in [1.165, 1.54) is 30.9 Å². The Labute approximate surface area is 82.9 Å². The number of unbranched alkanes of at least 4 members (excludes halogenated alkanes) is 1. The Bertz CT molecular complexity index is 114. The minimum Gasteiger partial charge on any atom is -0.289 e. The monoisotopic (exact) mass is 273 g/mol. The van der Waals surface area contributed by atoms with Gasteiger partial charge in [-0.15, -0.1) is 24.0 Å². The van der Waals surface area contributed by atoms with Crippen LogP contribution in [0, 0.1) is 0 Å². The molecule has 1 heterocycles. The number of rotatable bonds is 3.